The maximum absolute atomic E-state index is 13.0. The summed E-state index contributed by atoms with van der Waals surface area (Å²) in [6.07, 6.45) is 5.04. The number of carbonyl (C=O) groups is 1. The van der Waals surface area contributed by atoms with Crippen molar-refractivity contribution in [3.05, 3.63) is 48.2 Å². The predicted octanol–water partition coefficient (Wildman–Crippen LogP) is 3.08. The third kappa shape index (κ3) is 4.52. The predicted molar refractivity (Wildman–Crippen MR) is 79.8 cm³/mol. The first-order valence-corrected chi connectivity index (χ1v) is 6.82. The molecule has 0 saturated carbocycles. The van der Waals surface area contributed by atoms with Crippen molar-refractivity contribution in [2.24, 2.45) is 0 Å². The first kappa shape index (κ1) is 14.9. The van der Waals surface area contributed by atoms with Crippen LogP contribution in [0.3, 0.4) is 0 Å². The highest BCUT2D eigenvalue weighted by Crippen LogP contribution is 2.10. The Morgan fingerprint density at radius 2 is 2.14 bits per heavy atom. The highest BCUT2D eigenvalue weighted by atomic mass is 19.1. The van der Waals surface area contributed by atoms with E-state index in [0.717, 1.165) is 19.4 Å². The molecule has 2 aromatic rings. The van der Waals surface area contributed by atoms with Crippen LogP contribution in [0.15, 0.2) is 36.7 Å². The van der Waals surface area contributed by atoms with Gasteiger partial charge in [-0.3, -0.25) is 4.79 Å². The number of aromatic nitrogens is 2. The molecule has 1 aromatic carbocycles. The van der Waals surface area contributed by atoms with Crippen LogP contribution in [0.5, 0.6) is 0 Å². The van der Waals surface area contributed by atoms with Gasteiger partial charge in [-0.1, -0.05) is 19.4 Å². The number of benzene rings is 1. The Morgan fingerprint density at radius 1 is 1.29 bits per heavy atom. The van der Waals surface area contributed by atoms with Crippen LogP contribution in [-0.2, 0) is 0 Å². The van der Waals surface area contributed by atoms with Crippen LogP contribution in [0.4, 0.5) is 15.9 Å². The van der Waals surface area contributed by atoms with Crippen molar-refractivity contribution in [3.8, 4) is 0 Å². The van der Waals surface area contributed by atoms with Crippen LogP contribution in [0, 0.1) is 5.82 Å². The molecule has 1 heterocycles. The highest BCUT2D eigenvalue weighted by molar-refractivity contribution is 6.02. The van der Waals surface area contributed by atoms with Crippen molar-refractivity contribution in [3.63, 3.8) is 0 Å². The number of carbonyl (C=O) groups excluding carboxylic acids is 1. The lowest BCUT2D eigenvalue weighted by Gasteiger charge is -2.06. The van der Waals surface area contributed by atoms with Gasteiger partial charge in [0.1, 0.15) is 17.3 Å². The highest BCUT2D eigenvalue weighted by Gasteiger charge is 2.08. The van der Waals surface area contributed by atoms with E-state index in [1.807, 2.05) is 0 Å². The summed E-state index contributed by atoms with van der Waals surface area (Å²) >= 11 is 0. The normalized spacial score (nSPS) is 10.2. The number of nitrogens with one attached hydrogen (secondary N) is 2. The van der Waals surface area contributed by atoms with Crippen LogP contribution in [-0.4, -0.2) is 22.4 Å². The second-order valence-corrected chi connectivity index (χ2v) is 4.53. The first-order chi connectivity index (χ1) is 10.2. The van der Waals surface area contributed by atoms with E-state index >= 15 is 0 Å². The molecule has 21 heavy (non-hydrogen) atoms. The van der Waals surface area contributed by atoms with Crippen molar-refractivity contribution in [2.75, 3.05) is 17.2 Å². The van der Waals surface area contributed by atoms with Crippen LogP contribution in [0.1, 0.15) is 30.3 Å². The van der Waals surface area contributed by atoms with Gasteiger partial charge in [-0.15, -0.1) is 0 Å². The smallest absolute Gasteiger partial charge is 0.275 e. The van der Waals surface area contributed by atoms with Crippen LogP contribution in [0.2, 0.25) is 0 Å². The molecule has 0 unspecified atom stereocenters. The quantitative estimate of drug-likeness (QED) is 0.802. The van der Waals surface area contributed by atoms with Crippen LogP contribution >= 0.6 is 0 Å². The summed E-state index contributed by atoms with van der Waals surface area (Å²) in [5.74, 6) is -0.201. The van der Waals surface area contributed by atoms with Gasteiger partial charge in [0, 0.05) is 12.2 Å². The average Bonchev–Trinajstić information content (AvgIpc) is 2.48. The number of amides is 1. The van der Waals surface area contributed by atoms with Gasteiger partial charge in [0.25, 0.3) is 5.91 Å². The maximum Gasteiger partial charge on any atom is 0.275 e. The van der Waals surface area contributed by atoms with Gasteiger partial charge in [-0.25, -0.2) is 14.4 Å². The maximum atomic E-state index is 13.0. The summed E-state index contributed by atoms with van der Waals surface area (Å²) in [5, 5.41) is 5.68. The zero-order chi connectivity index (χ0) is 15.1. The summed E-state index contributed by atoms with van der Waals surface area (Å²) in [5.41, 5.74) is 0.562. The molecule has 1 amide bonds. The zero-order valence-electron chi connectivity index (χ0n) is 11.8. The molecule has 0 saturated heterocycles. The second-order valence-electron chi connectivity index (χ2n) is 4.53. The molecule has 0 aliphatic carbocycles. The van der Waals surface area contributed by atoms with E-state index < -0.39 is 11.7 Å². The van der Waals surface area contributed by atoms with Crippen LogP contribution < -0.4 is 10.6 Å². The fraction of sp³-hybridized carbons (Fsp3) is 0.267. The van der Waals surface area contributed by atoms with Crippen molar-refractivity contribution in [1.82, 2.24) is 9.97 Å². The molecular formula is C15H17FN4O. The summed E-state index contributed by atoms with van der Waals surface area (Å²) < 4.78 is 13.0. The van der Waals surface area contributed by atoms with Gasteiger partial charge in [-0.2, -0.15) is 0 Å². The summed E-state index contributed by atoms with van der Waals surface area (Å²) in [6, 6.07) is 5.69. The van der Waals surface area contributed by atoms with Gasteiger partial charge >= 0.3 is 0 Å². The number of anilines is 2. The lowest BCUT2D eigenvalue weighted by Crippen LogP contribution is -2.14. The number of unbranched alkanes of at least 4 members (excludes halogenated alkanes) is 1. The fourth-order valence-corrected chi connectivity index (χ4v) is 1.69. The minimum atomic E-state index is -0.423. The number of hydrogen-bond donors (Lipinski definition) is 2. The molecule has 0 aliphatic rings. The zero-order valence-corrected chi connectivity index (χ0v) is 11.8. The number of nitrogens with zero attached hydrogens (tertiary/aromatic N) is 2. The Kier molecular flexibility index (Phi) is 5.20. The van der Waals surface area contributed by atoms with Crippen molar-refractivity contribution < 1.29 is 9.18 Å². The van der Waals surface area contributed by atoms with Gasteiger partial charge in [0.05, 0.1) is 12.4 Å². The van der Waals surface area contributed by atoms with E-state index in [1.54, 1.807) is 6.07 Å². The third-order valence-corrected chi connectivity index (χ3v) is 2.80. The summed E-state index contributed by atoms with van der Waals surface area (Å²) in [4.78, 5) is 20.1. The van der Waals surface area contributed by atoms with E-state index in [4.69, 9.17) is 0 Å². The minimum Gasteiger partial charge on any atom is -0.369 e. The molecular weight excluding hydrogens is 271 g/mol. The molecule has 0 radical (unpaired) electrons. The second kappa shape index (κ2) is 7.33. The molecule has 110 valence electrons. The molecule has 6 heteroatoms. The molecule has 2 rings (SSSR count). The van der Waals surface area contributed by atoms with Gasteiger partial charge in [0.2, 0.25) is 0 Å². The minimum absolute atomic E-state index is 0.181. The van der Waals surface area contributed by atoms with Gasteiger partial charge in [0.15, 0.2) is 0 Å². The van der Waals surface area contributed by atoms with E-state index in [-0.39, 0.29) is 5.69 Å². The van der Waals surface area contributed by atoms with Gasteiger partial charge < -0.3 is 10.6 Å². The number of rotatable bonds is 6. The average molecular weight is 288 g/mol. The van der Waals surface area contributed by atoms with E-state index in [9.17, 15) is 9.18 Å². The lowest BCUT2D eigenvalue weighted by atomic mass is 10.3. The lowest BCUT2D eigenvalue weighted by molar-refractivity contribution is 0.102. The topological polar surface area (TPSA) is 66.9 Å². The summed E-state index contributed by atoms with van der Waals surface area (Å²) in [7, 11) is 0. The van der Waals surface area contributed by atoms with E-state index in [0.29, 0.717) is 11.5 Å². The standard InChI is InChI=1S/C15H17FN4O/c1-2-3-7-17-14-10-18-13(9-19-14)15(21)20-12-6-4-5-11(16)8-12/h4-6,8-10H,2-3,7H2,1H3,(H,17,19)(H,20,21). The molecule has 0 aliphatic heterocycles. The monoisotopic (exact) mass is 288 g/mol. The molecule has 1 aromatic heterocycles. The van der Waals surface area contributed by atoms with Crippen molar-refractivity contribution >= 4 is 17.4 Å². The Labute approximate surface area is 122 Å². The number of halogens is 1. The molecule has 5 nitrogen and oxygen atoms in total. The Morgan fingerprint density at radius 3 is 2.81 bits per heavy atom. The van der Waals surface area contributed by atoms with Crippen molar-refractivity contribution in [1.29, 1.82) is 0 Å². The van der Waals surface area contributed by atoms with Crippen LogP contribution in [0.25, 0.3) is 0 Å². The molecule has 0 fully saturated rings. The third-order valence-electron chi connectivity index (χ3n) is 2.80. The Bertz CT molecular complexity index is 601. The van der Waals surface area contributed by atoms with E-state index in [1.165, 1.54) is 30.6 Å². The molecule has 0 bridgehead atoms. The SMILES string of the molecule is CCCCNc1cnc(C(=O)Nc2cccc(F)c2)cn1. The molecule has 0 spiro atoms. The summed E-state index contributed by atoms with van der Waals surface area (Å²) in [6.45, 7) is 2.92. The Balaban J connectivity index is 1.96. The number of hydrogen-bond acceptors (Lipinski definition) is 4. The largest absolute Gasteiger partial charge is 0.369 e. The fourth-order valence-electron chi connectivity index (χ4n) is 1.69. The Hall–Kier alpha value is -2.50. The van der Waals surface area contributed by atoms with Crippen molar-refractivity contribution in [2.45, 2.75) is 19.8 Å². The molecule has 2 N–H and O–H groups in total. The van der Waals surface area contributed by atoms with E-state index in [2.05, 4.69) is 27.5 Å². The van der Waals surface area contributed by atoms with Gasteiger partial charge in [-0.05, 0) is 24.6 Å². The molecule has 0 atom stereocenters. The first-order valence-electron chi connectivity index (χ1n) is 6.82.